The summed E-state index contributed by atoms with van der Waals surface area (Å²) in [4.78, 5) is 12.9. The minimum absolute atomic E-state index is 0.0424. The van der Waals surface area contributed by atoms with Gasteiger partial charge in [0.05, 0.1) is 6.61 Å². The highest BCUT2D eigenvalue weighted by atomic mass is 35.5. The number of fused-ring (bicyclic) bond motifs is 1. The van der Waals surface area contributed by atoms with Gasteiger partial charge >= 0.3 is 0 Å². The van der Waals surface area contributed by atoms with Gasteiger partial charge in [-0.1, -0.05) is 6.07 Å². The van der Waals surface area contributed by atoms with Gasteiger partial charge < -0.3 is 9.64 Å². The van der Waals surface area contributed by atoms with E-state index < -0.39 is 0 Å². The zero-order valence-corrected chi connectivity index (χ0v) is 12.1. The highest BCUT2D eigenvalue weighted by Crippen LogP contribution is 2.25. The van der Waals surface area contributed by atoms with E-state index in [1.807, 2.05) is 6.07 Å². The predicted molar refractivity (Wildman–Crippen MR) is 76.9 cm³/mol. The second kappa shape index (κ2) is 6.80. The summed E-state index contributed by atoms with van der Waals surface area (Å²) in [6.07, 6.45) is 4.43. The van der Waals surface area contributed by atoms with Gasteiger partial charge in [0.2, 0.25) is 5.91 Å². The molecule has 1 aromatic carbocycles. The largest absolute Gasteiger partial charge is 0.494 e. The van der Waals surface area contributed by atoms with Crippen LogP contribution in [0.2, 0.25) is 0 Å². The Bertz CT molecular complexity index is 448. The molecule has 0 fully saturated rings. The normalized spacial score (nSPS) is 13.2. The molecule has 0 bridgehead atoms. The van der Waals surface area contributed by atoms with Gasteiger partial charge in [0, 0.05) is 13.6 Å². The fraction of sp³-hybridized carbons (Fsp3) is 0.533. The maximum Gasteiger partial charge on any atom is 0.237 e. The number of nitrogens with zero attached hydrogens (tertiary/aromatic N) is 1. The lowest BCUT2D eigenvalue weighted by atomic mass is 10.1. The Hall–Kier alpha value is -1.22. The molecule has 0 radical (unpaired) electrons. The first-order chi connectivity index (χ1) is 9.20. The van der Waals surface area contributed by atoms with Gasteiger partial charge in [-0.25, -0.2) is 0 Å². The smallest absolute Gasteiger partial charge is 0.237 e. The van der Waals surface area contributed by atoms with E-state index in [1.165, 1.54) is 30.4 Å². The van der Waals surface area contributed by atoms with Crippen molar-refractivity contribution in [3.63, 3.8) is 0 Å². The number of aryl methyl sites for hydroxylation is 2. The van der Waals surface area contributed by atoms with E-state index in [0.29, 0.717) is 13.2 Å². The first kappa shape index (κ1) is 14.2. The van der Waals surface area contributed by atoms with E-state index in [0.717, 1.165) is 12.2 Å². The lowest BCUT2D eigenvalue weighted by Gasteiger charge is -2.15. The molecular weight excluding hydrogens is 262 g/mol. The average molecular weight is 282 g/mol. The summed E-state index contributed by atoms with van der Waals surface area (Å²) in [5, 5.41) is 0. The Labute approximate surface area is 119 Å². The topological polar surface area (TPSA) is 29.5 Å². The Morgan fingerprint density at radius 1 is 1.37 bits per heavy atom. The van der Waals surface area contributed by atoms with Crippen molar-refractivity contribution in [2.24, 2.45) is 0 Å². The average Bonchev–Trinajstić information content (AvgIpc) is 2.89. The molecule has 1 amide bonds. The van der Waals surface area contributed by atoms with Crippen LogP contribution in [0.3, 0.4) is 0 Å². The molecule has 0 saturated heterocycles. The molecular formula is C15H20ClNO2. The third kappa shape index (κ3) is 3.87. The van der Waals surface area contributed by atoms with Gasteiger partial charge in [-0.2, -0.15) is 0 Å². The van der Waals surface area contributed by atoms with Crippen molar-refractivity contribution in [3.8, 4) is 5.75 Å². The zero-order valence-electron chi connectivity index (χ0n) is 11.3. The summed E-state index contributed by atoms with van der Waals surface area (Å²) >= 11 is 5.49. The zero-order chi connectivity index (χ0) is 13.7. The Kier molecular flexibility index (Phi) is 5.08. The molecule has 0 aliphatic heterocycles. The second-order valence-electron chi connectivity index (χ2n) is 4.94. The van der Waals surface area contributed by atoms with Crippen molar-refractivity contribution in [1.29, 1.82) is 0 Å². The predicted octanol–water partition coefficient (Wildman–Crippen LogP) is 2.64. The minimum atomic E-state index is -0.0424. The molecule has 2 rings (SSSR count). The third-order valence-electron chi connectivity index (χ3n) is 3.52. The SMILES string of the molecule is CN(CCCOc1ccc2c(c1)CCC2)C(=O)CCl. The van der Waals surface area contributed by atoms with Crippen molar-refractivity contribution < 1.29 is 9.53 Å². The summed E-state index contributed by atoms with van der Waals surface area (Å²) < 4.78 is 5.72. The quantitative estimate of drug-likeness (QED) is 0.593. The Balaban J connectivity index is 1.73. The Morgan fingerprint density at radius 3 is 2.95 bits per heavy atom. The number of hydrogen-bond acceptors (Lipinski definition) is 2. The summed E-state index contributed by atoms with van der Waals surface area (Å²) in [6.45, 7) is 1.30. The van der Waals surface area contributed by atoms with Crippen LogP contribution < -0.4 is 4.74 Å². The highest BCUT2D eigenvalue weighted by Gasteiger charge is 2.11. The van der Waals surface area contributed by atoms with Crippen molar-refractivity contribution in [2.75, 3.05) is 26.1 Å². The van der Waals surface area contributed by atoms with Crippen LogP contribution in [0, 0.1) is 0 Å². The number of carbonyl (C=O) groups is 1. The van der Waals surface area contributed by atoms with E-state index >= 15 is 0 Å². The van der Waals surface area contributed by atoms with Crippen LogP contribution in [0.25, 0.3) is 0 Å². The van der Waals surface area contributed by atoms with Crippen LogP contribution in [0.1, 0.15) is 24.0 Å². The molecule has 4 heteroatoms. The fourth-order valence-electron chi connectivity index (χ4n) is 2.36. The molecule has 19 heavy (non-hydrogen) atoms. The number of halogens is 1. The van der Waals surface area contributed by atoms with E-state index in [2.05, 4.69) is 12.1 Å². The summed E-state index contributed by atoms with van der Waals surface area (Å²) in [6, 6.07) is 6.36. The molecule has 0 unspecified atom stereocenters. The molecule has 0 N–H and O–H groups in total. The maximum absolute atomic E-state index is 11.3. The number of alkyl halides is 1. The van der Waals surface area contributed by atoms with Crippen LogP contribution in [0.5, 0.6) is 5.75 Å². The molecule has 0 heterocycles. The van der Waals surface area contributed by atoms with Crippen molar-refractivity contribution in [2.45, 2.75) is 25.7 Å². The number of ether oxygens (including phenoxy) is 1. The van der Waals surface area contributed by atoms with E-state index in [9.17, 15) is 4.79 Å². The van der Waals surface area contributed by atoms with Gasteiger partial charge in [0.15, 0.2) is 0 Å². The molecule has 1 aliphatic carbocycles. The number of hydrogen-bond donors (Lipinski definition) is 0. The van der Waals surface area contributed by atoms with E-state index in [1.54, 1.807) is 11.9 Å². The van der Waals surface area contributed by atoms with E-state index in [4.69, 9.17) is 16.3 Å². The van der Waals surface area contributed by atoms with Gasteiger partial charge in [0.1, 0.15) is 11.6 Å². The Morgan fingerprint density at radius 2 is 2.16 bits per heavy atom. The minimum Gasteiger partial charge on any atom is -0.494 e. The van der Waals surface area contributed by atoms with Crippen LogP contribution in [0.4, 0.5) is 0 Å². The standard InChI is InChI=1S/C15H20ClNO2/c1-17(15(18)11-16)8-3-9-19-14-7-6-12-4-2-5-13(12)10-14/h6-7,10H,2-5,8-9,11H2,1H3. The molecule has 0 atom stereocenters. The maximum atomic E-state index is 11.3. The lowest BCUT2D eigenvalue weighted by molar-refractivity contribution is -0.127. The number of benzene rings is 1. The molecule has 0 aromatic heterocycles. The van der Waals surface area contributed by atoms with E-state index in [-0.39, 0.29) is 11.8 Å². The summed E-state index contributed by atoms with van der Waals surface area (Å²) in [5.41, 5.74) is 2.88. The molecule has 1 aromatic rings. The number of rotatable bonds is 6. The van der Waals surface area contributed by atoms with Crippen LogP contribution in [0.15, 0.2) is 18.2 Å². The van der Waals surface area contributed by atoms with Crippen molar-refractivity contribution >= 4 is 17.5 Å². The summed E-state index contributed by atoms with van der Waals surface area (Å²) in [7, 11) is 1.76. The molecule has 3 nitrogen and oxygen atoms in total. The van der Waals surface area contributed by atoms with Gasteiger partial charge in [-0.3, -0.25) is 4.79 Å². The molecule has 104 valence electrons. The number of amides is 1. The molecule has 1 aliphatic rings. The van der Waals surface area contributed by atoms with Crippen LogP contribution in [-0.4, -0.2) is 36.9 Å². The molecule has 0 saturated carbocycles. The monoisotopic (exact) mass is 281 g/mol. The van der Waals surface area contributed by atoms with Gasteiger partial charge in [-0.05, 0) is 48.9 Å². The van der Waals surface area contributed by atoms with Crippen molar-refractivity contribution in [1.82, 2.24) is 4.90 Å². The van der Waals surface area contributed by atoms with Crippen molar-refractivity contribution in [3.05, 3.63) is 29.3 Å². The number of carbonyl (C=O) groups excluding carboxylic acids is 1. The third-order valence-corrected chi connectivity index (χ3v) is 3.75. The van der Waals surface area contributed by atoms with Gasteiger partial charge in [-0.15, -0.1) is 11.6 Å². The molecule has 0 spiro atoms. The highest BCUT2D eigenvalue weighted by molar-refractivity contribution is 6.27. The second-order valence-corrected chi connectivity index (χ2v) is 5.20. The van der Waals surface area contributed by atoms with Crippen LogP contribution >= 0.6 is 11.6 Å². The van der Waals surface area contributed by atoms with Gasteiger partial charge in [0.25, 0.3) is 0 Å². The lowest BCUT2D eigenvalue weighted by Crippen LogP contribution is -2.29. The first-order valence-corrected chi connectivity index (χ1v) is 7.28. The first-order valence-electron chi connectivity index (χ1n) is 6.75. The summed E-state index contributed by atoms with van der Waals surface area (Å²) in [5.74, 6) is 0.938. The fourth-order valence-corrected chi connectivity index (χ4v) is 2.56. The van der Waals surface area contributed by atoms with Crippen LogP contribution in [-0.2, 0) is 17.6 Å².